The molecule has 0 atom stereocenters. The third kappa shape index (κ3) is 4.96. The smallest absolute Gasteiger partial charge is 0.124 e. The molecule has 0 unspecified atom stereocenters. The van der Waals surface area contributed by atoms with Gasteiger partial charge in [0.05, 0.1) is 0 Å². The number of hydrogen-bond acceptors (Lipinski definition) is 3. The van der Waals surface area contributed by atoms with Crippen molar-refractivity contribution in [2.75, 3.05) is 0 Å². The van der Waals surface area contributed by atoms with Gasteiger partial charge in [-0.15, -0.1) is 0 Å². The maximum atomic E-state index is 9.46. The second-order valence-corrected chi connectivity index (χ2v) is 5.68. The predicted molar refractivity (Wildman–Crippen MR) is 85.9 cm³/mol. The lowest BCUT2D eigenvalue weighted by molar-refractivity contribution is 0.301. The van der Waals surface area contributed by atoms with Gasteiger partial charge in [-0.25, -0.2) is 0 Å². The van der Waals surface area contributed by atoms with Crippen molar-refractivity contribution >= 4 is 11.6 Å². The highest BCUT2D eigenvalue weighted by atomic mass is 35.5. The average Bonchev–Trinajstić information content (AvgIpc) is 2.44. The first kappa shape index (κ1) is 15.7. The molecule has 0 aliphatic heterocycles. The van der Waals surface area contributed by atoms with Crippen LogP contribution in [0.1, 0.15) is 25.0 Å². The van der Waals surface area contributed by atoms with Crippen molar-refractivity contribution in [3.63, 3.8) is 0 Å². The Balaban J connectivity index is 2.08. The van der Waals surface area contributed by atoms with Gasteiger partial charge in [0.25, 0.3) is 0 Å². The van der Waals surface area contributed by atoms with E-state index in [4.69, 9.17) is 16.3 Å². The van der Waals surface area contributed by atoms with Gasteiger partial charge in [-0.1, -0.05) is 37.6 Å². The summed E-state index contributed by atoms with van der Waals surface area (Å²) in [7, 11) is 0. The Morgan fingerprint density at radius 2 is 2.00 bits per heavy atom. The summed E-state index contributed by atoms with van der Waals surface area (Å²) in [4.78, 5) is 0. The molecule has 0 aromatic heterocycles. The molecule has 0 aliphatic carbocycles. The molecule has 2 rings (SSSR count). The summed E-state index contributed by atoms with van der Waals surface area (Å²) in [6.45, 7) is 5.30. The minimum atomic E-state index is 0.244. The number of rotatable bonds is 6. The molecule has 0 radical (unpaired) electrons. The van der Waals surface area contributed by atoms with Crippen LogP contribution in [0.4, 0.5) is 0 Å². The van der Waals surface area contributed by atoms with Crippen LogP contribution in [-0.4, -0.2) is 11.1 Å². The molecule has 0 aliphatic rings. The average molecular weight is 306 g/mol. The molecular formula is C17H20ClNO2. The van der Waals surface area contributed by atoms with E-state index in [9.17, 15) is 5.11 Å². The van der Waals surface area contributed by atoms with Gasteiger partial charge < -0.3 is 15.2 Å². The van der Waals surface area contributed by atoms with Gasteiger partial charge in [-0.05, 0) is 35.9 Å². The van der Waals surface area contributed by atoms with Crippen molar-refractivity contribution in [3.8, 4) is 11.5 Å². The lowest BCUT2D eigenvalue weighted by Crippen LogP contribution is -2.22. The second-order valence-electron chi connectivity index (χ2n) is 5.25. The topological polar surface area (TPSA) is 41.5 Å². The Morgan fingerprint density at radius 1 is 1.19 bits per heavy atom. The van der Waals surface area contributed by atoms with Crippen molar-refractivity contribution in [2.45, 2.75) is 33.0 Å². The normalized spacial score (nSPS) is 10.9. The van der Waals surface area contributed by atoms with Crippen LogP contribution in [0.25, 0.3) is 0 Å². The molecule has 0 spiro atoms. The van der Waals surface area contributed by atoms with E-state index >= 15 is 0 Å². The number of phenols is 1. The van der Waals surface area contributed by atoms with E-state index < -0.39 is 0 Å². The van der Waals surface area contributed by atoms with Crippen LogP contribution in [0, 0.1) is 0 Å². The first-order valence-corrected chi connectivity index (χ1v) is 7.35. The first-order chi connectivity index (χ1) is 10.0. The Kier molecular flexibility index (Phi) is 5.48. The highest BCUT2D eigenvalue weighted by molar-refractivity contribution is 6.30. The van der Waals surface area contributed by atoms with E-state index in [-0.39, 0.29) is 5.75 Å². The van der Waals surface area contributed by atoms with Gasteiger partial charge in [0.2, 0.25) is 0 Å². The maximum absolute atomic E-state index is 9.46. The van der Waals surface area contributed by atoms with Crippen molar-refractivity contribution in [2.24, 2.45) is 0 Å². The molecule has 2 N–H and O–H groups in total. The van der Waals surface area contributed by atoms with Crippen LogP contribution >= 0.6 is 11.6 Å². The van der Waals surface area contributed by atoms with Crippen molar-refractivity contribution in [1.82, 2.24) is 5.32 Å². The van der Waals surface area contributed by atoms with Gasteiger partial charge in [-0.2, -0.15) is 0 Å². The number of benzene rings is 2. The fourth-order valence-electron chi connectivity index (χ4n) is 1.95. The zero-order valence-electron chi connectivity index (χ0n) is 12.3. The van der Waals surface area contributed by atoms with E-state index in [1.165, 1.54) is 0 Å². The Morgan fingerprint density at radius 3 is 2.71 bits per heavy atom. The second kappa shape index (κ2) is 7.34. The highest BCUT2D eigenvalue weighted by Gasteiger charge is 2.06. The van der Waals surface area contributed by atoms with Crippen LogP contribution in [0.2, 0.25) is 5.02 Å². The van der Waals surface area contributed by atoms with E-state index in [1.54, 1.807) is 18.2 Å². The van der Waals surface area contributed by atoms with E-state index in [2.05, 4.69) is 19.2 Å². The van der Waals surface area contributed by atoms with E-state index in [0.29, 0.717) is 24.2 Å². The molecule has 3 nitrogen and oxygen atoms in total. The molecular weight excluding hydrogens is 286 g/mol. The summed E-state index contributed by atoms with van der Waals surface area (Å²) in [5.41, 5.74) is 1.95. The molecule has 2 aromatic carbocycles. The van der Waals surface area contributed by atoms with Gasteiger partial charge in [0.15, 0.2) is 0 Å². The summed E-state index contributed by atoms with van der Waals surface area (Å²) in [5, 5.41) is 13.5. The van der Waals surface area contributed by atoms with Gasteiger partial charge in [0, 0.05) is 23.2 Å². The van der Waals surface area contributed by atoms with Gasteiger partial charge >= 0.3 is 0 Å². The molecule has 2 aromatic rings. The number of nitrogens with one attached hydrogen (secondary N) is 1. The lowest BCUT2D eigenvalue weighted by Gasteiger charge is -2.14. The molecule has 112 valence electrons. The number of halogens is 1. The van der Waals surface area contributed by atoms with E-state index in [1.807, 2.05) is 24.3 Å². The fourth-order valence-corrected chi connectivity index (χ4v) is 2.14. The molecule has 0 fully saturated rings. The Bertz CT molecular complexity index is 599. The predicted octanol–water partition coefficient (Wildman–Crippen LogP) is 4.12. The van der Waals surface area contributed by atoms with Crippen molar-refractivity contribution < 1.29 is 9.84 Å². The van der Waals surface area contributed by atoms with Crippen LogP contribution in [0.5, 0.6) is 11.5 Å². The summed E-state index contributed by atoms with van der Waals surface area (Å²) >= 11 is 6.05. The number of phenolic OH excluding ortho intramolecular Hbond substituents is 1. The molecule has 0 saturated heterocycles. The molecule has 0 amide bonds. The molecule has 0 heterocycles. The third-order valence-corrected chi connectivity index (χ3v) is 3.26. The lowest BCUT2D eigenvalue weighted by atomic mass is 10.2. The third-order valence-electron chi connectivity index (χ3n) is 3.03. The van der Waals surface area contributed by atoms with Crippen LogP contribution in [0.15, 0.2) is 42.5 Å². The molecule has 0 bridgehead atoms. The van der Waals surface area contributed by atoms with E-state index in [0.717, 1.165) is 16.9 Å². The minimum Gasteiger partial charge on any atom is -0.508 e. The summed E-state index contributed by atoms with van der Waals surface area (Å²) in [5.74, 6) is 1.05. The van der Waals surface area contributed by atoms with Crippen LogP contribution < -0.4 is 10.1 Å². The summed E-state index contributed by atoms with van der Waals surface area (Å²) < 4.78 is 5.86. The standard InChI is InChI=1S/C17H20ClNO2/c1-12(2)19-10-14-9-15(18)6-7-17(14)21-11-13-4-3-5-16(20)8-13/h3-9,12,19-20H,10-11H2,1-2H3. The summed E-state index contributed by atoms with van der Waals surface area (Å²) in [6.07, 6.45) is 0. The zero-order chi connectivity index (χ0) is 15.2. The van der Waals surface area contributed by atoms with Crippen molar-refractivity contribution in [3.05, 3.63) is 58.6 Å². The molecule has 4 heteroatoms. The number of aromatic hydroxyl groups is 1. The zero-order valence-corrected chi connectivity index (χ0v) is 13.0. The minimum absolute atomic E-state index is 0.244. The number of ether oxygens (including phenoxy) is 1. The molecule has 0 saturated carbocycles. The number of hydrogen-bond donors (Lipinski definition) is 2. The van der Waals surface area contributed by atoms with Crippen LogP contribution in [-0.2, 0) is 13.2 Å². The quantitative estimate of drug-likeness (QED) is 0.843. The molecule has 21 heavy (non-hydrogen) atoms. The largest absolute Gasteiger partial charge is 0.508 e. The Hall–Kier alpha value is -1.71. The fraction of sp³-hybridized carbons (Fsp3) is 0.294. The SMILES string of the molecule is CC(C)NCc1cc(Cl)ccc1OCc1cccc(O)c1. The van der Waals surface area contributed by atoms with Gasteiger partial charge in [0.1, 0.15) is 18.1 Å². The highest BCUT2D eigenvalue weighted by Crippen LogP contribution is 2.24. The Labute approximate surface area is 130 Å². The maximum Gasteiger partial charge on any atom is 0.124 e. The first-order valence-electron chi connectivity index (χ1n) is 6.97. The van der Waals surface area contributed by atoms with Crippen molar-refractivity contribution in [1.29, 1.82) is 0 Å². The summed E-state index contributed by atoms with van der Waals surface area (Å²) in [6, 6.07) is 13.1. The monoisotopic (exact) mass is 305 g/mol. The van der Waals surface area contributed by atoms with Crippen LogP contribution in [0.3, 0.4) is 0 Å². The van der Waals surface area contributed by atoms with Gasteiger partial charge in [-0.3, -0.25) is 0 Å².